The minimum atomic E-state index is -4.89. The molecule has 1 aromatic heterocycles. The van der Waals surface area contributed by atoms with Crippen molar-refractivity contribution in [2.45, 2.75) is 51.1 Å². The van der Waals surface area contributed by atoms with Crippen molar-refractivity contribution in [1.82, 2.24) is 15.1 Å². The molecule has 1 fully saturated rings. The fourth-order valence-corrected chi connectivity index (χ4v) is 5.96. The zero-order valence-corrected chi connectivity index (χ0v) is 26.0. The van der Waals surface area contributed by atoms with E-state index in [1.165, 1.54) is 10.7 Å². The van der Waals surface area contributed by atoms with E-state index in [2.05, 4.69) is 15.7 Å². The molecule has 2 amide bonds. The number of rotatable bonds is 4. The number of aromatic nitrogens is 2. The maximum Gasteiger partial charge on any atom is 0.497 e. The quantitative estimate of drug-likeness (QED) is 0.194. The first kappa shape index (κ1) is 31.3. The Morgan fingerprint density at radius 2 is 1.73 bits per heavy atom. The van der Waals surface area contributed by atoms with Gasteiger partial charge >= 0.3 is 13.3 Å². The van der Waals surface area contributed by atoms with E-state index in [-0.39, 0.29) is 16.4 Å². The van der Waals surface area contributed by atoms with Gasteiger partial charge in [0.05, 0.1) is 28.3 Å². The second-order valence-corrected chi connectivity index (χ2v) is 12.8. The Labute approximate surface area is 265 Å². The molecule has 3 aromatic carbocycles. The van der Waals surface area contributed by atoms with Crippen molar-refractivity contribution in [3.63, 3.8) is 0 Å². The van der Waals surface area contributed by atoms with Gasteiger partial charge in [-0.2, -0.15) is 18.3 Å². The van der Waals surface area contributed by atoms with Gasteiger partial charge in [-0.15, -0.1) is 0 Å². The Kier molecular flexibility index (Phi) is 7.28. The van der Waals surface area contributed by atoms with Crippen LogP contribution in [-0.2, 0) is 22.5 Å². The fraction of sp³-hybridized carbons (Fsp3) is 0.300. The van der Waals surface area contributed by atoms with E-state index in [9.17, 15) is 27.2 Å². The molecule has 1 unspecified atom stereocenters. The van der Waals surface area contributed by atoms with E-state index in [0.29, 0.717) is 50.7 Å². The standard InChI is InChI=1S/C30H25BCl2F4N4O4/c1-28(2)29(3,4)45-31(44-28)18-12-20(38-26(42)13-8-14(30(35,36)37)10-16(34)9-13)21-22-24(18)40-41(5)25(22)27(43)39-23(21)17-11-15(32)6-7-19(17)33/h6-12,23H,1-5H3,(H,38,42)(H,39,43). The number of hydrogen-bond acceptors (Lipinski definition) is 5. The Morgan fingerprint density at radius 1 is 1.07 bits per heavy atom. The van der Waals surface area contributed by atoms with Crippen molar-refractivity contribution in [2.24, 2.45) is 7.05 Å². The zero-order valence-electron chi connectivity index (χ0n) is 24.5. The number of nitrogens with one attached hydrogen (secondary N) is 2. The minimum absolute atomic E-state index is 0.0744. The van der Waals surface area contributed by atoms with Crippen LogP contribution in [0, 0.1) is 5.82 Å². The summed E-state index contributed by atoms with van der Waals surface area (Å²) in [6.45, 7) is 7.39. The SMILES string of the molecule is Cn1nc2c(B3OC(C)(C)C(C)(C)O3)cc(NC(=O)c3cc(F)cc(C(F)(F)F)c3)c3c2c1C(=O)NC3c1cc(Cl)ccc1Cl. The number of carbonyl (C=O) groups is 2. The molecule has 0 spiro atoms. The van der Waals surface area contributed by atoms with Gasteiger partial charge in [0.1, 0.15) is 11.5 Å². The smallest absolute Gasteiger partial charge is 0.399 e. The molecule has 0 bridgehead atoms. The summed E-state index contributed by atoms with van der Waals surface area (Å²) in [6.07, 6.45) is -4.89. The molecule has 0 radical (unpaired) electrons. The third kappa shape index (κ3) is 5.25. The first-order valence-corrected chi connectivity index (χ1v) is 14.5. The van der Waals surface area contributed by atoms with Crippen LogP contribution >= 0.6 is 23.2 Å². The number of nitrogens with zero attached hydrogens (tertiary/aromatic N) is 2. The molecule has 3 heterocycles. The van der Waals surface area contributed by atoms with Gasteiger partial charge in [0.25, 0.3) is 11.8 Å². The van der Waals surface area contributed by atoms with Gasteiger partial charge < -0.3 is 19.9 Å². The molecule has 8 nitrogen and oxygen atoms in total. The number of halogens is 6. The Balaban J connectivity index is 1.60. The van der Waals surface area contributed by atoms with Gasteiger partial charge in [-0.25, -0.2) is 4.39 Å². The van der Waals surface area contributed by atoms with Gasteiger partial charge in [-0.3, -0.25) is 14.3 Å². The average Bonchev–Trinajstić information content (AvgIpc) is 3.39. The molecule has 2 N–H and O–H groups in total. The van der Waals surface area contributed by atoms with Crippen LogP contribution in [0.2, 0.25) is 10.0 Å². The predicted molar refractivity (Wildman–Crippen MR) is 162 cm³/mol. The van der Waals surface area contributed by atoms with E-state index in [1.807, 2.05) is 27.7 Å². The number of amides is 2. The maximum atomic E-state index is 14.3. The van der Waals surface area contributed by atoms with Crippen LogP contribution in [0.1, 0.15) is 71.3 Å². The van der Waals surface area contributed by atoms with Crippen molar-refractivity contribution < 1.29 is 36.5 Å². The highest BCUT2D eigenvalue weighted by molar-refractivity contribution is 6.65. The summed E-state index contributed by atoms with van der Waals surface area (Å²) in [4.78, 5) is 27.1. The predicted octanol–water partition coefficient (Wildman–Crippen LogP) is 6.42. The lowest BCUT2D eigenvalue weighted by molar-refractivity contribution is -0.137. The highest BCUT2D eigenvalue weighted by Crippen LogP contribution is 2.44. The second kappa shape index (κ2) is 10.4. The van der Waals surface area contributed by atoms with Gasteiger partial charge in [0, 0.05) is 44.8 Å². The minimum Gasteiger partial charge on any atom is -0.399 e. The molecule has 0 saturated carbocycles. The lowest BCUT2D eigenvalue weighted by Gasteiger charge is -2.32. The molecule has 1 saturated heterocycles. The van der Waals surface area contributed by atoms with Gasteiger partial charge in [0.2, 0.25) is 0 Å². The first-order chi connectivity index (χ1) is 20.9. The largest absolute Gasteiger partial charge is 0.497 e. The van der Waals surface area contributed by atoms with Crippen LogP contribution in [0.3, 0.4) is 0 Å². The molecular formula is C30H25BCl2F4N4O4. The lowest BCUT2D eigenvalue weighted by Crippen LogP contribution is -2.41. The van der Waals surface area contributed by atoms with Gasteiger partial charge in [-0.1, -0.05) is 23.2 Å². The molecule has 234 valence electrons. The summed E-state index contributed by atoms with van der Waals surface area (Å²) in [5.41, 5.74) is -1.82. The molecule has 15 heteroatoms. The third-order valence-corrected chi connectivity index (χ3v) is 9.05. The number of alkyl halides is 3. The normalized spacial score (nSPS) is 18.8. The topological polar surface area (TPSA) is 94.5 Å². The van der Waals surface area contributed by atoms with E-state index < -0.39 is 59.3 Å². The summed E-state index contributed by atoms with van der Waals surface area (Å²) in [7, 11) is 0.565. The van der Waals surface area contributed by atoms with Crippen LogP contribution in [0.15, 0.2) is 42.5 Å². The molecule has 4 aromatic rings. The molecule has 2 aliphatic heterocycles. The Bertz CT molecular complexity index is 1910. The molecule has 0 aliphatic carbocycles. The van der Waals surface area contributed by atoms with Crippen LogP contribution in [0.4, 0.5) is 23.2 Å². The monoisotopic (exact) mass is 662 g/mol. The van der Waals surface area contributed by atoms with Crippen molar-refractivity contribution in [3.05, 3.63) is 86.3 Å². The summed E-state index contributed by atoms with van der Waals surface area (Å²) in [6, 6.07) is 6.77. The molecule has 6 rings (SSSR count). The molecule has 45 heavy (non-hydrogen) atoms. The number of anilines is 1. The summed E-state index contributed by atoms with van der Waals surface area (Å²) in [5.74, 6) is -2.78. The van der Waals surface area contributed by atoms with Crippen molar-refractivity contribution >= 4 is 64.2 Å². The van der Waals surface area contributed by atoms with Gasteiger partial charge in [-0.05, 0) is 75.7 Å². The number of hydrogen-bond donors (Lipinski definition) is 2. The highest BCUT2D eigenvalue weighted by Gasteiger charge is 2.53. The van der Waals surface area contributed by atoms with Crippen molar-refractivity contribution in [1.29, 1.82) is 0 Å². The van der Waals surface area contributed by atoms with Crippen LogP contribution < -0.4 is 16.1 Å². The molecule has 1 atom stereocenters. The van der Waals surface area contributed by atoms with E-state index in [1.54, 1.807) is 25.2 Å². The van der Waals surface area contributed by atoms with Gasteiger partial charge in [0.15, 0.2) is 0 Å². The zero-order chi connectivity index (χ0) is 32.8. The average molecular weight is 663 g/mol. The van der Waals surface area contributed by atoms with Crippen LogP contribution in [0.25, 0.3) is 10.9 Å². The molecular weight excluding hydrogens is 638 g/mol. The fourth-order valence-electron chi connectivity index (χ4n) is 5.55. The second-order valence-electron chi connectivity index (χ2n) is 12.0. The Morgan fingerprint density at radius 3 is 2.38 bits per heavy atom. The summed E-state index contributed by atoms with van der Waals surface area (Å²) >= 11 is 12.9. The van der Waals surface area contributed by atoms with E-state index in [0.717, 1.165) is 0 Å². The third-order valence-electron chi connectivity index (χ3n) is 8.47. The Hall–Kier alpha value is -3.65. The number of aryl methyl sites for hydroxylation is 1. The summed E-state index contributed by atoms with van der Waals surface area (Å²) in [5, 5.41) is 11.1. The number of carbonyl (C=O) groups excluding carboxylic acids is 2. The maximum absolute atomic E-state index is 14.3. The lowest BCUT2D eigenvalue weighted by atomic mass is 9.75. The van der Waals surface area contributed by atoms with E-state index in [4.69, 9.17) is 32.5 Å². The highest BCUT2D eigenvalue weighted by atomic mass is 35.5. The van der Waals surface area contributed by atoms with E-state index >= 15 is 0 Å². The number of benzene rings is 3. The summed E-state index contributed by atoms with van der Waals surface area (Å²) < 4.78 is 68.7. The van der Waals surface area contributed by atoms with Crippen molar-refractivity contribution in [2.75, 3.05) is 5.32 Å². The molecule has 2 aliphatic rings. The van der Waals surface area contributed by atoms with Crippen LogP contribution in [0.5, 0.6) is 0 Å². The van der Waals surface area contributed by atoms with Crippen molar-refractivity contribution in [3.8, 4) is 0 Å². The first-order valence-electron chi connectivity index (χ1n) is 13.7. The van der Waals surface area contributed by atoms with Crippen LogP contribution in [-0.4, -0.2) is 39.9 Å².